The Morgan fingerprint density at radius 1 is 0.857 bits per heavy atom. The summed E-state index contributed by atoms with van der Waals surface area (Å²) in [5.74, 6) is 0.747. The smallest absolute Gasteiger partial charge is 0.216 e. The van der Waals surface area contributed by atoms with E-state index in [-0.39, 0.29) is 0 Å². The molecule has 0 N–H and O–H groups in total. The van der Waals surface area contributed by atoms with Crippen LogP contribution in [0.15, 0.2) is 54.6 Å². The summed E-state index contributed by atoms with van der Waals surface area (Å²) in [6.45, 7) is 8.69. The first-order chi connectivity index (χ1) is 13.7. The summed E-state index contributed by atoms with van der Waals surface area (Å²) in [5.41, 5.74) is 4.94. The summed E-state index contributed by atoms with van der Waals surface area (Å²) >= 11 is 0. The molecule has 3 aromatic rings. The molecule has 1 aliphatic rings. The van der Waals surface area contributed by atoms with Crippen molar-refractivity contribution < 1.29 is 4.74 Å². The van der Waals surface area contributed by atoms with Gasteiger partial charge in [-0.25, -0.2) is 4.98 Å². The Kier molecular flexibility index (Phi) is 5.89. The van der Waals surface area contributed by atoms with Crippen LogP contribution in [0.4, 0.5) is 0 Å². The highest BCUT2D eigenvalue weighted by Gasteiger charge is 2.17. The molecule has 0 amide bonds. The minimum Gasteiger partial charge on any atom is -0.481 e. The van der Waals surface area contributed by atoms with E-state index in [0.29, 0.717) is 0 Å². The Balaban J connectivity index is 1.39. The second-order valence-electron chi connectivity index (χ2n) is 7.58. The lowest BCUT2D eigenvalue weighted by molar-refractivity contribution is 0.122. The van der Waals surface area contributed by atoms with E-state index < -0.39 is 0 Å². The number of fused-ring (bicyclic) bond motifs is 1. The maximum absolute atomic E-state index is 5.42. The minimum atomic E-state index is 0.747. The second-order valence-corrected chi connectivity index (χ2v) is 7.58. The highest BCUT2D eigenvalue weighted by molar-refractivity contribution is 5.81. The van der Waals surface area contributed by atoms with Crippen molar-refractivity contribution in [2.45, 2.75) is 26.4 Å². The number of hydrogen-bond donors (Lipinski definition) is 0. The monoisotopic (exact) mass is 375 g/mol. The van der Waals surface area contributed by atoms with Gasteiger partial charge in [-0.2, -0.15) is 0 Å². The Hall–Kier alpha value is -2.43. The van der Waals surface area contributed by atoms with Crippen LogP contribution in [0.25, 0.3) is 10.9 Å². The molecule has 1 fully saturated rings. The van der Waals surface area contributed by atoms with E-state index in [1.165, 1.54) is 22.1 Å². The zero-order chi connectivity index (χ0) is 19.3. The number of pyridine rings is 1. The van der Waals surface area contributed by atoms with E-state index in [2.05, 4.69) is 76.3 Å². The number of methoxy groups -OCH3 is 1. The predicted octanol–water partition coefficient (Wildman–Crippen LogP) is 4.12. The van der Waals surface area contributed by atoms with Crippen LogP contribution in [0.3, 0.4) is 0 Å². The number of ether oxygens (including phenoxy) is 1. The van der Waals surface area contributed by atoms with Crippen LogP contribution in [0.1, 0.15) is 23.6 Å². The third-order valence-corrected chi connectivity index (χ3v) is 5.61. The average molecular weight is 376 g/mol. The largest absolute Gasteiger partial charge is 0.481 e. The fourth-order valence-corrected chi connectivity index (χ4v) is 3.99. The van der Waals surface area contributed by atoms with Crippen molar-refractivity contribution in [1.82, 2.24) is 14.8 Å². The van der Waals surface area contributed by atoms with Gasteiger partial charge in [0, 0.05) is 50.2 Å². The van der Waals surface area contributed by atoms with E-state index in [1.54, 1.807) is 7.11 Å². The van der Waals surface area contributed by atoms with Crippen LogP contribution >= 0.6 is 0 Å². The third-order valence-electron chi connectivity index (χ3n) is 5.61. The summed E-state index contributed by atoms with van der Waals surface area (Å²) in [6, 6.07) is 19.6. The van der Waals surface area contributed by atoms with Gasteiger partial charge >= 0.3 is 0 Å². The summed E-state index contributed by atoms with van der Waals surface area (Å²) < 4.78 is 5.42. The van der Waals surface area contributed by atoms with Gasteiger partial charge in [0.05, 0.1) is 12.6 Å². The standard InChI is InChI=1S/C24H29N3O/c1-3-21-16-22-15-20(9-10-23(22)25-24(21)28-2)18-27-13-11-26(12-14-27)17-19-7-5-4-6-8-19/h4-10,15-16H,3,11-14,17-18H2,1-2H3. The number of aryl methyl sites for hydroxylation is 1. The van der Waals surface area contributed by atoms with E-state index in [0.717, 1.165) is 57.1 Å². The first-order valence-electron chi connectivity index (χ1n) is 10.2. The van der Waals surface area contributed by atoms with Gasteiger partial charge in [-0.3, -0.25) is 9.80 Å². The van der Waals surface area contributed by atoms with Gasteiger partial charge in [0.15, 0.2) is 0 Å². The van der Waals surface area contributed by atoms with Crippen LogP contribution in [0, 0.1) is 0 Å². The fraction of sp³-hybridized carbons (Fsp3) is 0.375. The van der Waals surface area contributed by atoms with Crippen LogP contribution in [-0.4, -0.2) is 48.1 Å². The molecular weight excluding hydrogens is 346 g/mol. The minimum absolute atomic E-state index is 0.747. The molecule has 1 saturated heterocycles. The average Bonchev–Trinajstić information content (AvgIpc) is 2.75. The quantitative estimate of drug-likeness (QED) is 0.648. The van der Waals surface area contributed by atoms with Crippen molar-refractivity contribution in [3.05, 3.63) is 71.3 Å². The Labute approximate surface area is 167 Å². The molecule has 4 heteroatoms. The molecule has 0 aliphatic carbocycles. The molecule has 0 unspecified atom stereocenters. The van der Waals surface area contributed by atoms with Crippen LogP contribution < -0.4 is 4.74 Å². The molecule has 146 valence electrons. The summed E-state index contributed by atoms with van der Waals surface area (Å²) in [4.78, 5) is 9.77. The summed E-state index contributed by atoms with van der Waals surface area (Å²) in [5, 5.41) is 1.21. The normalized spacial score (nSPS) is 15.8. The molecule has 0 radical (unpaired) electrons. The van der Waals surface area contributed by atoms with Crippen molar-refractivity contribution in [2.24, 2.45) is 0 Å². The van der Waals surface area contributed by atoms with E-state index in [9.17, 15) is 0 Å². The van der Waals surface area contributed by atoms with Crippen molar-refractivity contribution in [2.75, 3.05) is 33.3 Å². The molecule has 4 rings (SSSR count). The highest BCUT2D eigenvalue weighted by atomic mass is 16.5. The van der Waals surface area contributed by atoms with Gasteiger partial charge in [0.1, 0.15) is 0 Å². The summed E-state index contributed by atoms with van der Waals surface area (Å²) in [7, 11) is 1.69. The lowest BCUT2D eigenvalue weighted by Gasteiger charge is -2.34. The van der Waals surface area contributed by atoms with E-state index in [1.807, 2.05) is 0 Å². The lowest BCUT2D eigenvalue weighted by Crippen LogP contribution is -2.45. The van der Waals surface area contributed by atoms with Crippen LogP contribution in [0.2, 0.25) is 0 Å². The number of benzene rings is 2. The van der Waals surface area contributed by atoms with Gasteiger partial charge < -0.3 is 4.74 Å². The second kappa shape index (κ2) is 8.72. The van der Waals surface area contributed by atoms with Gasteiger partial charge in [0.25, 0.3) is 0 Å². The van der Waals surface area contributed by atoms with Crippen molar-refractivity contribution in [1.29, 1.82) is 0 Å². The first-order valence-corrected chi connectivity index (χ1v) is 10.2. The van der Waals surface area contributed by atoms with Gasteiger partial charge in [0.2, 0.25) is 5.88 Å². The van der Waals surface area contributed by atoms with Crippen LogP contribution in [0.5, 0.6) is 5.88 Å². The number of rotatable bonds is 6. The predicted molar refractivity (Wildman–Crippen MR) is 115 cm³/mol. The molecule has 1 aromatic heterocycles. The molecule has 0 bridgehead atoms. The molecule has 1 aliphatic heterocycles. The molecule has 0 atom stereocenters. The van der Waals surface area contributed by atoms with Gasteiger partial charge in [-0.15, -0.1) is 0 Å². The summed E-state index contributed by atoms with van der Waals surface area (Å²) in [6.07, 6.45) is 0.930. The molecule has 0 spiro atoms. The Morgan fingerprint density at radius 3 is 2.18 bits per heavy atom. The first kappa shape index (κ1) is 18.9. The maximum atomic E-state index is 5.42. The van der Waals surface area contributed by atoms with Gasteiger partial charge in [-0.1, -0.05) is 43.3 Å². The van der Waals surface area contributed by atoms with Crippen molar-refractivity contribution in [3.63, 3.8) is 0 Å². The molecular formula is C24H29N3O. The number of hydrogen-bond acceptors (Lipinski definition) is 4. The lowest BCUT2D eigenvalue weighted by atomic mass is 10.1. The molecule has 28 heavy (non-hydrogen) atoms. The zero-order valence-corrected chi connectivity index (χ0v) is 16.9. The highest BCUT2D eigenvalue weighted by Crippen LogP contribution is 2.24. The Morgan fingerprint density at radius 2 is 1.54 bits per heavy atom. The SMILES string of the molecule is CCc1cc2cc(CN3CCN(Cc4ccccc4)CC3)ccc2nc1OC. The van der Waals surface area contributed by atoms with Crippen molar-refractivity contribution in [3.8, 4) is 5.88 Å². The molecule has 2 heterocycles. The molecule has 0 saturated carbocycles. The topological polar surface area (TPSA) is 28.6 Å². The van der Waals surface area contributed by atoms with Crippen LogP contribution in [-0.2, 0) is 19.5 Å². The number of aromatic nitrogens is 1. The maximum Gasteiger partial charge on any atom is 0.216 e. The van der Waals surface area contributed by atoms with Crippen molar-refractivity contribution >= 4 is 10.9 Å². The zero-order valence-electron chi connectivity index (χ0n) is 16.9. The number of piperazine rings is 1. The molecule has 4 nitrogen and oxygen atoms in total. The Bertz CT molecular complexity index is 918. The fourth-order valence-electron chi connectivity index (χ4n) is 3.99. The van der Waals surface area contributed by atoms with E-state index >= 15 is 0 Å². The van der Waals surface area contributed by atoms with Gasteiger partial charge in [-0.05, 0) is 35.7 Å². The number of nitrogens with zero attached hydrogens (tertiary/aromatic N) is 3. The third kappa shape index (κ3) is 4.34. The molecule has 2 aromatic carbocycles. The van der Waals surface area contributed by atoms with E-state index in [4.69, 9.17) is 4.74 Å².